The van der Waals surface area contributed by atoms with E-state index in [9.17, 15) is 0 Å². The average Bonchev–Trinajstić information content (AvgIpc) is 2.19. The summed E-state index contributed by atoms with van der Waals surface area (Å²) in [7, 11) is 0. The third kappa shape index (κ3) is 1.95. The summed E-state index contributed by atoms with van der Waals surface area (Å²) in [5, 5.41) is 0.779. The summed E-state index contributed by atoms with van der Waals surface area (Å²) in [4.78, 5) is 2.22. The minimum absolute atomic E-state index is 0.779. The molecule has 0 heterocycles. The van der Waals surface area contributed by atoms with Crippen molar-refractivity contribution in [2.45, 2.75) is 20.8 Å². The molecule has 1 aromatic rings. The van der Waals surface area contributed by atoms with E-state index in [1.54, 1.807) is 0 Å². The van der Waals surface area contributed by atoms with E-state index < -0.39 is 0 Å². The highest BCUT2D eigenvalue weighted by Crippen LogP contribution is 2.32. The molecule has 2 nitrogen and oxygen atoms in total. The lowest BCUT2D eigenvalue weighted by molar-refractivity contribution is 0.863. The number of anilines is 2. The standard InChI is InChI=1S/C11H17ClN2/c1-4-14(5-2)11-8(3)9(12)6-7-10(11)13/h6-7H,4-5,13H2,1-3H3. The molecule has 0 aliphatic heterocycles. The van der Waals surface area contributed by atoms with E-state index in [0.29, 0.717) is 0 Å². The van der Waals surface area contributed by atoms with Crippen LogP contribution in [0.5, 0.6) is 0 Å². The van der Waals surface area contributed by atoms with Gasteiger partial charge in [0.05, 0.1) is 11.4 Å². The molecule has 3 heteroatoms. The Labute approximate surface area is 90.7 Å². The number of benzene rings is 1. The number of halogens is 1. The molecule has 0 saturated heterocycles. The number of nitrogen functional groups attached to an aromatic ring is 1. The van der Waals surface area contributed by atoms with E-state index in [1.807, 2.05) is 19.1 Å². The van der Waals surface area contributed by atoms with Gasteiger partial charge in [-0.3, -0.25) is 0 Å². The van der Waals surface area contributed by atoms with E-state index in [0.717, 1.165) is 35.1 Å². The summed E-state index contributed by atoms with van der Waals surface area (Å²) in [5.41, 5.74) is 8.88. The molecule has 0 saturated carbocycles. The predicted octanol–water partition coefficient (Wildman–Crippen LogP) is 3.08. The maximum atomic E-state index is 6.06. The van der Waals surface area contributed by atoms with Crippen LogP contribution in [-0.2, 0) is 0 Å². The first kappa shape index (κ1) is 11.2. The number of rotatable bonds is 3. The van der Waals surface area contributed by atoms with Gasteiger partial charge in [-0.25, -0.2) is 0 Å². The zero-order chi connectivity index (χ0) is 10.7. The normalized spacial score (nSPS) is 10.3. The monoisotopic (exact) mass is 212 g/mol. The second kappa shape index (κ2) is 4.56. The Morgan fingerprint density at radius 1 is 1.29 bits per heavy atom. The van der Waals surface area contributed by atoms with Crippen molar-refractivity contribution in [1.82, 2.24) is 0 Å². The van der Waals surface area contributed by atoms with Gasteiger partial charge in [-0.15, -0.1) is 0 Å². The van der Waals surface area contributed by atoms with Gasteiger partial charge >= 0.3 is 0 Å². The van der Waals surface area contributed by atoms with Gasteiger partial charge in [0.1, 0.15) is 0 Å². The second-order valence-corrected chi connectivity index (χ2v) is 3.69. The van der Waals surface area contributed by atoms with Crippen molar-refractivity contribution in [2.24, 2.45) is 0 Å². The van der Waals surface area contributed by atoms with Crippen molar-refractivity contribution in [3.05, 3.63) is 22.7 Å². The highest BCUT2D eigenvalue weighted by atomic mass is 35.5. The zero-order valence-corrected chi connectivity index (χ0v) is 9.73. The summed E-state index contributed by atoms with van der Waals surface area (Å²) < 4.78 is 0. The van der Waals surface area contributed by atoms with E-state index in [1.165, 1.54) is 0 Å². The van der Waals surface area contributed by atoms with Crippen molar-refractivity contribution in [3.8, 4) is 0 Å². The van der Waals surface area contributed by atoms with E-state index >= 15 is 0 Å². The Morgan fingerprint density at radius 3 is 2.36 bits per heavy atom. The molecule has 0 amide bonds. The van der Waals surface area contributed by atoms with Crippen LogP contribution in [0.1, 0.15) is 19.4 Å². The van der Waals surface area contributed by atoms with Crippen molar-refractivity contribution in [1.29, 1.82) is 0 Å². The lowest BCUT2D eigenvalue weighted by Gasteiger charge is -2.25. The van der Waals surface area contributed by atoms with E-state index in [2.05, 4.69) is 18.7 Å². The molecule has 14 heavy (non-hydrogen) atoms. The van der Waals surface area contributed by atoms with Crippen LogP contribution in [0.2, 0.25) is 5.02 Å². The maximum absolute atomic E-state index is 6.06. The smallest absolute Gasteiger partial charge is 0.0644 e. The molecule has 0 atom stereocenters. The molecule has 0 aromatic heterocycles. The highest BCUT2D eigenvalue weighted by molar-refractivity contribution is 6.31. The number of hydrogen-bond acceptors (Lipinski definition) is 2. The summed E-state index contributed by atoms with van der Waals surface area (Å²) in [6.45, 7) is 8.13. The molecule has 0 aliphatic carbocycles. The lowest BCUT2D eigenvalue weighted by Crippen LogP contribution is -2.24. The number of nitrogens with zero attached hydrogens (tertiary/aromatic N) is 1. The fraction of sp³-hybridized carbons (Fsp3) is 0.455. The van der Waals surface area contributed by atoms with Gasteiger partial charge in [-0.05, 0) is 38.5 Å². The third-order valence-electron chi connectivity index (χ3n) is 2.48. The fourth-order valence-corrected chi connectivity index (χ4v) is 1.81. The Morgan fingerprint density at radius 2 is 1.86 bits per heavy atom. The molecule has 0 fully saturated rings. The van der Waals surface area contributed by atoms with Gasteiger partial charge in [-0.2, -0.15) is 0 Å². The summed E-state index contributed by atoms with van der Waals surface area (Å²) in [6.07, 6.45) is 0. The molecule has 1 aromatic carbocycles. The molecule has 0 radical (unpaired) electrons. The van der Waals surface area contributed by atoms with Crippen LogP contribution in [-0.4, -0.2) is 13.1 Å². The van der Waals surface area contributed by atoms with E-state index in [4.69, 9.17) is 17.3 Å². The Hall–Kier alpha value is -0.890. The highest BCUT2D eigenvalue weighted by Gasteiger charge is 2.11. The van der Waals surface area contributed by atoms with Gasteiger partial charge in [0.25, 0.3) is 0 Å². The average molecular weight is 213 g/mol. The molecule has 2 N–H and O–H groups in total. The molecular weight excluding hydrogens is 196 g/mol. The van der Waals surface area contributed by atoms with Gasteiger partial charge in [0, 0.05) is 18.1 Å². The van der Waals surface area contributed by atoms with Crippen LogP contribution in [0.4, 0.5) is 11.4 Å². The quantitative estimate of drug-likeness (QED) is 0.781. The molecule has 78 valence electrons. The Balaban J connectivity index is 3.23. The number of nitrogens with two attached hydrogens (primary N) is 1. The minimum Gasteiger partial charge on any atom is -0.397 e. The first-order chi connectivity index (χ1) is 6.61. The molecule has 0 aliphatic rings. The largest absolute Gasteiger partial charge is 0.397 e. The molecule has 0 spiro atoms. The molecule has 0 bridgehead atoms. The first-order valence-corrected chi connectivity index (χ1v) is 5.29. The van der Waals surface area contributed by atoms with Crippen molar-refractivity contribution in [2.75, 3.05) is 23.7 Å². The maximum Gasteiger partial charge on any atom is 0.0644 e. The predicted molar refractivity (Wildman–Crippen MR) is 64.2 cm³/mol. The molecule has 0 unspecified atom stereocenters. The lowest BCUT2D eigenvalue weighted by atomic mass is 10.1. The Bertz CT molecular complexity index is 319. The topological polar surface area (TPSA) is 29.3 Å². The minimum atomic E-state index is 0.779. The zero-order valence-electron chi connectivity index (χ0n) is 8.97. The summed E-state index contributed by atoms with van der Waals surface area (Å²) in [6, 6.07) is 3.71. The third-order valence-corrected chi connectivity index (χ3v) is 2.89. The van der Waals surface area contributed by atoms with Crippen molar-refractivity contribution in [3.63, 3.8) is 0 Å². The van der Waals surface area contributed by atoms with Crippen LogP contribution in [0.3, 0.4) is 0 Å². The van der Waals surface area contributed by atoms with Gasteiger partial charge in [0.15, 0.2) is 0 Å². The van der Waals surface area contributed by atoms with Crippen molar-refractivity contribution < 1.29 is 0 Å². The Kier molecular flexibility index (Phi) is 3.64. The van der Waals surface area contributed by atoms with Gasteiger partial charge in [-0.1, -0.05) is 11.6 Å². The van der Waals surface area contributed by atoms with Crippen LogP contribution in [0, 0.1) is 6.92 Å². The van der Waals surface area contributed by atoms with Gasteiger partial charge < -0.3 is 10.6 Å². The van der Waals surface area contributed by atoms with Crippen LogP contribution in [0.15, 0.2) is 12.1 Å². The summed E-state index contributed by atoms with van der Waals surface area (Å²) >= 11 is 6.06. The van der Waals surface area contributed by atoms with Crippen LogP contribution in [0.25, 0.3) is 0 Å². The van der Waals surface area contributed by atoms with Gasteiger partial charge in [0.2, 0.25) is 0 Å². The van der Waals surface area contributed by atoms with Crippen molar-refractivity contribution >= 4 is 23.0 Å². The SMILES string of the molecule is CCN(CC)c1c(N)ccc(Cl)c1C. The molecular formula is C11H17ClN2. The van der Waals surface area contributed by atoms with Crippen LogP contribution >= 0.6 is 11.6 Å². The van der Waals surface area contributed by atoms with Crippen LogP contribution < -0.4 is 10.6 Å². The summed E-state index contributed by atoms with van der Waals surface area (Å²) in [5.74, 6) is 0. The van der Waals surface area contributed by atoms with E-state index in [-0.39, 0.29) is 0 Å². The fourth-order valence-electron chi connectivity index (χ4n) is 1.66. The first-order valence-electron chi connectivity index (χ1n) is 4.91. The molecule has 1 rings (SSSR count). The number of hydrogen-bond donors (Lipinski definition) is 1. The second-order valence-electron chi connectivity index (χ2n) is 3.28.